The molecule has 0 aromatic carbocycles. The summed E-state index contributed by atoms with van der Waals surface area (Å²) in [6.07, 6.45) is 8.88. The van der Waals surface area contributed by atoms with Gasteiger partial charge in [-0.05, 0) is 56.9 Å². The van der Waals surface area contributed by atoms with E-state index in [0.717, 1.165) is 64.7 Å². The van der Waals surface area contributed by atoms with Gasteiger partial charge >= 0.3 is 0 Å². The predicted molar refractivity (Wildman–Crippen MR) is 109 cm³/mol. The van der Waals surface area contributed by atoms with Crippen LogP contribution in [0.3, 0.4) is 0 Å². The molecule has 1 unspecified atom stereocenters. The Labute approximate surface area is 173 Å². The summed E-state index contributed by atoms with van der Waals surface area (Å²) in [7, 11) is 0. The minimum Gasteiger partial charge on any atom is -0.356 e. The standard InChI is InChI=1S/C21H34ClN3O3/c22-9-14-28-21(27)24-12-5-17(6-13-24)23-10-7-18(8-11-23)25-19-4-2-1-3-16(19)15-20(25)26/h17-18,21,27H,1-15H2. The van der Waals surface area contributed by atoms with E-state index in [0.29, 0.717) is 36.9 Å². The number of aliphatic hydroxyl groups is 1. The Kier molecular flexibility index (Phi) is 6.94. The van der Waals surface area contributed by atoms with Crippen LogP contribution in [0.15, 0.2) is 11.3 Å². The number of nitrogens with zero attached hydrogens (tertiary/aromatic N) is 3. The fraction of sp³-hybridized carbons (Fsp3) is 0.857. The Morgan fingerprint density at radius 2 is 1.71 bits per heavy atom. The number of ether oxygens (including phenoxy) is 1. The molecule has 3 heterocycles. The molecule has 7 heteroatoms. The first-order chi connectivity index (χ1) is 13.7. The molecule has 3 aliphatic heterocycles. The number of halogens is 1. The monoisotopic (exact) mass is 411 g/mol. The first kappa shape index (κ1) is 20.6. The van der Waals surface area contributed by atoms with E-state index in [1.807, 2.05) is 4.90 Å². The van der Waals surface area contributed by atoms with Crippen LogP contribution >= 0.6 is 11.6 Å². The van der Waals surface area contributed by atoms with Crippen LogP contribution in [0, 0.1) is 0 Å². The average Bonchev–Trinajstić information content (AvgIpc) is 3.08. The van der Waals surface area contributed by atoms with Gasteiger partial charge in [0.15, 0.2) is 0 Å². The second-order valence-corrected chi connectivity index (χ2v) is 9.00. The highest BCUT2D eigenvalue weighted by Crippen LogP contribution is 2.38. The van der Waals surface area contributed by atoms with Gasteiger partial charge in [0.1, 0.15) is 0 Å². The van der Waals surface area contributed by atoms with Gasteiger partial charge in [0.05, 0.1) is 13.0 Å². The first-order valence-corrected chi connectivity index (χ1v) is 11.6. The lowest BCUT2D eigenvalue weighted by molar-refractivity contribution is -0.197. The lowest BCUT2D eigenvalue weighted by Crippen LogP contribution is -2.52. The molecule has 1 amide bonds. The van der Waals surface area contributed by atoms with Crippen LogP contribution in [0.2, 0.25) is 0 Å². The van der Waals surface area contributed by atoms with E-state index >= 15 is 0 Å². The van der Waals surface area contributed by atoms with E-state index in [-0.39, 0.29) is 0 Å². The van der Waals surface area contributed by atoms with Crippen molar-refractivity contribution in [2.75, 3.05) is 38.7 Å². The van der Waals surface area contributed by atoms with Crippen LogP contribution in [-0.2, 0) is 9.53 Å². The third kappa shape index (κ3) is 4.41. The highest BCUT2D eigenvalue weighted by atomic mass is 35.5. The first-order valence-electron chi connectivity index (χ1n) is 11.0. The van der Waals surface area contributed by atoms with Crippen LogP contribution < -0.4 is 0 Å². The Morgan fingerprint density at radius 1 is 1.04 bits per heavy atom. The smallest absolute Gasteiger partial charge is 0.231 e. The molecule has 28 heavy (non-hydrogen) atoms. The maximum absolute atomic E-state index is 12.6. The van der Waals surface area contributed by atoms with Gasteiger partial charge < -0.3 is 19.6 Å². The van der Waals surface area contributed by atoms with Crippen LogP contribution in [0.4, 0.5) is 0 Å². The number of amides is 1. The quantitative estimate of drug-likeness (QED) is 0.537. The molecule has 0 bridgehead atoms. The highest BCUT2D eigenvalue weighted by Gasteiger charge is 2.38. The van der Waals surface area contributed by atoms with Crippen molar-refractivity contribution >= 4 is 17.5 Å². The lowest BCUT2D eigenvalue weighted by atomic mass is 9.94. The molecular formula is C21H34ClN3O3. The molecule has 0 saturated carbocycles. The number of carbonyl (C=O) groups is 1. The number of hydrogen-bond donors (Lipinski definition) is 1. The van der Waals surface area contributed by atoms with Crippen LogP contribution in [0.25, 0.3) is 0 Å². The van der Waals surface area contributed by atoms with Gasteiger partial charge in [-0.15, -0.1) is 11.6 Å². The summed E-state index contributed by atoms with van der Waals surface area (Å²) >= 11 is 5.63. The zero-order valence-corrected chi connectivity index (χ0v) is 17.6. The summed E-state index contributed by atoms with van der Waals surface area (Å²) in [5, 5.41) is 10.1. The molecule has 1 aliphatic carbocycles. The summed E-state index contributed by atoms with van der Waals surface area (Å²) in [6, 6.07) is 0.983. The summed E-state index contributed by atoms with van der Waals surface area (Å²) in [5.74, 6) is 0.755. The predicted octanol–water partition coefficient (Wildman–Crippen LogP) is 2.51. The normalized spacial score (nSPS) is 27.5. The van der Waals surface area contributed by atoms with Crippen molar-refractivity contribution < 1.29 is 14.6 Å². The van der Waals surface area contributed by atoms with Crippen molar-refractivity contribution in [1.29, 1.82) is 0 Å². The molecule has 1 atom stereocenters. The summed E-state index contributed by atoms with van der Waals surface area (Å²) in [6.45, 7) is 4.24. The minimum absolute atomic E-state index is 0.351. The van der Waals surface area contributed by atoms with E-state index in [9.17, 15) is 9.90 Å². The average molecular weight is 412 g/mol. The topological polar surface area (TPSA) is 56.3 Å². The van der Waals surface area contributed by atoms with Crippen LogP contribution in [0.5, 0.6) is 0 Å². The Balaban J connectivity index is 1.25. The molecule has 0 radical (unpaired) electrons. The Bertz CT molecular complexity index is 583. The van der Waals surface area contributed by atoms with E-state index < -0.39 is 6.41 Å². The van der Waals surface area contributed by atoms with E-state index in [4.69, 9.17) is 16.3 Å². The molecule has 6 nitrogen and oxygen atoms in total. The Hall–Kier alpha value is -0.660. The number of alkyl halides is 1. The zero-order chi connectivity index (χ0) is 19.5. The van der Waals surface area contributed by atoms with E-state index in [1.54, 1.807) is 0 Å². The van der Waals surface area contributed by atoms with Gasteiger partial charge in [0.25, 0.3) is 0 Å². The number of carbonyl (C=O) groups excluding carboxylic acids is 1. The summed E-state index contributed by atoms with van der Waals surface area (Å²) in [4.78, 5) is 19.4. The molecule has 2 fully saturated rings. The molecule has 1 N–H and O–H groups in total. The maximum Gasteiger partial charge on any atom is 0.231 e. The fourth-order valence-electron chi connectivity index (χ4n) is 5.51. The molecule has 0 aromatic heterocycles. The Morgan fingerprint density at radius 3 is 2.43 bits per heavy atom. The molecular weight excluding hydrogens is 378 g/mol. The van der Waals surface area contributed by atoms with Gasteiger partial charge in [-0.3, -0.25) is 9.69 Å². The number of rotatable bonds is 6. The van der Waals surface area contributed by atoms with E-state index in [2.05, 4.69) is 9.80 Å². The zero-order valence-electron chi connectivity index (χ0n) is 16.8. The number of allylic oxidation sites excluding steroid dienone is 1. The second kappa shape index (κ2) is 9.43. The van der Waals surface area contributed by atoms with Crippen LogP contribution in [0.1, 0.15) is 57.8 Å². The van der Waals surface area contributed by atoms with Crippen molar-refractivity contribution in [3.05, 3.63) is 11.3 Å². The maximum atomic E-state index is 12.6. The van der Waals surface area contributed by atoms with Gasteiger partial charge in [-0.2, -0.15) is 0 Å². The van der Waals surface area contributed by atoms with E-state index in [1.165, 1.54) is 24.1 Å². The molecule has 2 saturated heterocycles. The second-order valence-electron chi connectivity index (χ2n) is 8.62. The lowest BCUT2D eigenvalue weighted by Gasteiger charge is -2.44. The molecule has 0 spiro atoms. The number of likely N-dealkylation sites (tertiary alicyclic amines) is 2. The molecule has 0 aromatic rings. The molecule has 4 aliphatic rings. The van der Waals surface area contributed by atoms with Crippen molar-refractivity contribution in [3.63, 3.8) is 0 Å². The van der Waals surface area contributed by atoms with Gasteiger partial charge in [0.2, 0.25) is 12.3 Å². The van der Waals surface area contributed by atoms with Crippen LogP contribution in [-0.4, -0.2) is 82.9 Å². The number of aliphatic hydroxyl groups excluding tert-OH is 1. The third-order valence-electron chi connectivity index (χ3n) is 7.01. The summed E-state index contributed by atoms with van der Waals surface area (Å²) in [5.41, 5.74) is 2.81. The highest BCUT2D eigenvalue weighted by molar-refractivity contribution is 6.17. The van der Waals surface area contributed by atoms with Gasteiger partial charge in [-0.1, -0.05) is 0 Å². The minimum atomic E-state index is -0.829. The molecule has 4 rings (SSSR count). The van der Waals surface area contributed by atoms with Crippen molar-refractivity contribution in [1.82, 2.24) is 14.7 Å². The number of hydrogen-bond acceptors (Lipinski definition) is 5. The van der Waals surface area contributed by atoms with Crippen molar-refractivity contribution in [3.8, 4) is 0 Å². The van der Waals surface area contributed by atoms with Crippen molar-refractivity contribution in [2.24, 2.45) is 0 Å². The number of piperidine rings is 2. The van der Waals surface area contributed by atoms with Gasteiger partial charge in [0, 0.05) is 49.8 Å². The van der Waals surface area contributed by atoms with Gasteiger partial charge in [-0.25, -0.2) is 0 Å². The summed E-state index contributed by atoms with van der Waals surface area (Å²) < 4.78 is 5.33. The van der Waals surface area contributed by atoms with Crippen molar-refractivity contribution in [2.45, 2.75) is 76.3 Å². The third-order valence-corrected chi connectivity index (χ3v) is 7.16. The fourth-order valence-corrected chi connectivity index (χ4v) is 5.60. The largest absolute Gasteiger partial charge is 0.356 e. The molecule has 158 valence electrons. The SMILES string of the molecule is O=C1CC2=C(CCCC2)N1C1CCN(C2CCN(C(O)OCCCl)CC2)CC1.